The highest BCUT2D eigenvalue weighted by molar-refractivity contribution is 5.93. The second kappa shape index (κ2) is 10.8. The molecule has 0 radical (unpaired) electrons. The van der Waals surface area contributed by atoms with Crippen LogP contribution < -0.4 is 4.90 Å². The minimum Gasteiger partial charge on any atom is -0.320 e. The number of carbonyl (C=O) groups excluding carboxylic acids is 1. The van der Waals surface area contributed by atoms with Crippen molar-refractivity contribution in [3.05, 3.63) is 101 Å². The van der Waals surface area contributed by atoms with Crippen molar-refractivity contribution in [3.63, 3.8) is 0 Å². The van der Waals surface area contributed by atoms with E-state index < -0.39 is 0 Å². The number of urea groups is 1. The van der Waals surface area contributed by atoms with Gasteiger partial charge in [0.25, 0.3) is 0 Å². The van der Waals surface area contributed by atoms with Crippen LogP contribution in [0.1, 0.15) is 47.6 Å². The highest BCUT2D eigenvalue weighted by Crippen LogP contribution is 2.29. The van der Waals surface area contributed by atoms with Gasteiger partial charge in [0.15, 0.2) is 0 Å². The lowest BCUT2D eigenvalue weighted by Crippen LogP contribution is -2.43. The van der Waals surface area contributed by atoms with E-state index in [9.17, 15) is 4.79 Å². The van der Waals surface area contributed by atoms with E-state index in [1.165, 1.54) is 5.56 Å². The van der Waals surface area contributed by atoms with E-state index in [4.69, 9.17) is 0 Å². The first-order valence-electron chi connectivity index (χ1n) is 11.2. The zero-order valence-corrected chi connectivity index (χ0v) is 19.3. The first-order valence-corrected chi connectivity index (χ1v) is 11.2. The maximum atomic E-state index is 14.0. The predicted octanol–water partition coefficient (Wildman–Crippen LogP) is 7.04. The summed E-state index contributed by atoms with van der Waals surface area (Å²) in [5, 5.41) is 0. The van der Waals surface area contributed by atoms with Gasteiger partial charge in [0, 0.05) is 13.1 Å². The van der Waals surface area contributed by atoms with E-state index in [1.807, 2.05) is 46.2 Å². The van der Waals surface area contributed by atoms with E-state index >= 15 is 0 Å². The molecule has 0 spiro atoms. The average molecular weight is 415 g/mol. The molecular formula is C28H34N2O. The van der Waals surface area contributed by atoms with E-state index in [1.54, 1.807) is 0 Å². The number of benzene rings is 3. The zero-order chi connectivity index (χ0) is 22.2. The molecule has 31 heavy (non-hydrogen) atoms. The Morgan fingerprint density at radius 1 is 0.774 bits per heavy atom. The van der Waals surface area contributed by atoms with Crippen molar-refractivity contribution in [1.82, 2.24) is 4.90 Å². The van der Waals surface area contributed by atoms with Gasteiger partial charge >= 0.3 is 6.03 Å². The molecule has 162 valence electrons. The Labute approximate surface area is 187 Å². The van der Waals surface area contributed by atoms with Gasteiger partial charge in [0.05, 0.1) is 12.2 Å². The van der Waals surface area contributed by atoms with Crippen molar-refractivity contribution in [2.75, 3.05) is 11.4 Å². The van der Waals surface area contributed by atoms with Crippen molar-refractivity contribution < 1.29 is 4.79 Å². The number of unbranched alkanes of at least 4 members (excludes halogenated alkanes) is 1. The number of rotatable bonds is 8. The summed E-state index contributed by atoms with van der Waals surface area (Å²) in [5.74, 6) is 0. The molecule has 0 bridgehead atoms. The molecule has 0 aliphatic rings. The van der Waals surface area contributed by atoms with Crippen LogP contribution in [0.5, 0.6) is 0 Å². The molecule has 3 nitrogen and oxygen atoms in total. The van der Waals surface area contributed by atoms with Gasteiger partial charge in [-0.05, 0) is 49.4 Å². The van der Waals surface area contributed by atoms with Crippen LogP contribution >= 0.6 is 0 Å². The molecule has 0 fully saturated rings. The summed E-state index contributed by atoms with van der Waals surface area (Å²) < 4.78 is 0. The van der Waals surface area contributed by atoms with Crippen molar-refractivity contribution >= 4 is 11.7 Å². The molecule has 0 saturated heterocycles. The summed E-state index contributed by atoms with van der Waals surface area (Å²) in [5.41, 5.74) is 6.80. The average Bonchev–Trinajstić information content (AvgIpc) is 2.76. The zero-order valence-electron chi connectivity index (χ0n) is 19.3. The maximum absolute atomic E-state index is 14.0. The SMILES string of the molecule is CCCCN(Cc1ccccc1)C(=O)N(Cc1ccccc1)c1c(C)cc(C)cc1C. The number of carbonyl (C=O) groups is 1. The van der Waals surface area contributed by atoms with E-state index in [-0.39, 0.29) is 6.03 Å². The third-order valence-corrected chi connectivity index (χ3v) is 5.59. The molecule has 2 amide bonds. The Balaban J connectivity index is 2.00. The first kappa shape index (κ1) is 22.6. The van der Waals surface area contributed by atoms with Crippen LogP contribution in [-0.4, -0.2) is 17.5 Å². The molecule has 0 saturated carbocycles. The fourth-order valence-corrected chi connectivity index (χ4v) is 4.17. The van der Waals surface area contributed by atoms with Gasteiger partial charge in [-0.25, -0.2) is 4.79 Å². The number of amides is 2. The Morgan fingerprint density at radius 2 is 1.29 bits per heavy atom. The van der Waals surface area contributed by atoms with Crippen LogP contribution in [0, 0.1) is 20.8 Å². The quantitative estimate of drug-likeness (QED) is 0.388. The summed E-state index contributed by atoms with van der Waals surface area (Å²) in [6.07, 6.45) is 2.05. The molecule has 3 rings (SSSR count). The summed E-state index contributed by atoms with van der Waals surface area (Å²) in [4.78, 5) is 18.0. The number of hydrogen-bond acceptors (Lipinski definition) is 1. The van der Waals surface area contributed by atoms with Gasteiger partial charge in [0.1, 0.15) is 0 Å². The lowest BCUT2D eigenvalue weighted by molar-refractivity contribution is 0.200. The Bertz CT molecular complexity index is 959. The molecule has 0 atom stereocenters. The first-order chi connectivity index (χ1) is 15.0. The maximum Gasteiger partial charge on any atom is 0.325 e. The van der Waals surface area contributed by atoms with Crippen LogP contribution in [-0.2, 0) is 13.1 Å². The lowest BCUT2D eigenvalue weighted by Gasteiger charge is -2.33. The van der Waals surface area contributed by atoms with E-state index in [0.29, 0.717) is 13.1 Å². The van der Waals surface area contributed by atoms with Gasteiger partial charge < -0.3 is 4.90 Å². The largest absolute Gasteiger partial charge is 0.325 e. The molecule has 3 aromatic carbocycles. The molecule has 0 aliphatic carbocycles. The van der Waals surface area contributed by atoms with Crippen molar-refractivity contribution in [2.24, 2.45) is 0 Å². The number of nitrogens with zero attached hydrogens (tertiary/aromatic N) is 2. The molecule has 3 aromatic rings. The standard InChI is InChI=1S/C28H34N2O/c1-5-6-17-29(20-25-13-9-7-10-14-25)28(31)30(21-26-15-11-8-12-16-26)27-23(3)18-22(2)19-24(27)4/h7-16,18-19H,5-6,17,20-21H2,1-4H3. The second-order valence-electron chi connectivity index (χ2n) is 8.36. The lowest BCUT2D eigenvalue weighted by atomic mass is 10.0. The fourth-order valence-electron chi connectivity index (χ4n) is 4.17. The van der Waals surface area contributed by atoms with Crippen LogP contribution in [0.3, 0.4) is 0 Å². The molecule has 0 heterocycles. The predicted molar refractivity (Wildman–Crippen MR) is 130 cm³/mol. The van der Waals surface area contributed by atoms with Crippen molar-refractivity contribution in [2.45, 2.75) is 53.6 Å². The van der Waals surface area contributed by atoms with Gasteiger partial charge in [-0.1, -0.05) is 91.7 Å². The van der Waals surface area contributed by atoms with E-state index in [2.05, 4.69) is 64.1 Å². The Hall–Kier alpha value is -3.07. The van der Waals surface area contributed by atoms with Crippen molar-refractivity contribution in [3.8, 4) is 0 Å². The third kappa shape index (κ3) is 5.97. The Morgan fingerprint density at radius 3 is 1.81 bits per heavy atom. The molecule has 3 heteroatoms. The molecular weight excluding hydrogens is 380 g/mol. The van der Waals surface area contributed by atoms with Crippen LogP contribution in [0.15, 0.2) is 72.8 Å². The molecule has 0 N–H and O–H groups in total. The third-order valence-electron chi connectivity index (χ3n) is 5.59. The van der Waals surface area contributed by atoms with Crippen LogP contribution in [0.2, 0.25) is 0 Å². The van der Waals surface area contributed by atoms with Gasteiger partial charge in [-0.3, -0.25) is 4.90 Å². The monoisotopic (exact) mass is 414 g/mol. The smallest absolute Gasteiger partial charge is 0.320 e. The van der Waals surface area contributed by atoms with E-state index in [0.717, 1.165) is 47.3 Å². The second-order valence-corrected chi connectivity index (χ2v) is 8.36. The topological polar surface area (TPSA) is 23.6 Å². The Kier molecular flexibility index (Phi) is 7.88. The number of hydrogen-bond donors (Lipinski definition) is 0. The molecule has 0 aliphatic heterocycles. The summed E-state index contributed by atoms with van der Waals surface area (Å²) in [7, 11) is 0. The minimum atomic E-state index is 0.0659. The highest BCUT2D eigenvalue weighted by Gasteiger charge is 2.25. The normalized spacial score (nSPS) is 10.7. The summed E-state index contributed by atoms with van der Waals surface area (Å²) in [6.45, 7) is 10.4. The van der Waals surface area contributed by atoms with Gasteiger partial charge in [0.2, 0.25) is 0 Å². The minimum absolute atomic E-state index is 0.0659. The number of aryl methyl sites for hydroxylation is 3. The van der Waals surface area contributed by atoms with Crippen molar-refractivity contribution in [1.29, 1.82) is 0 Å². The molecule has 0 aromatic heterocycles. The summed E-state index contributed by atoms with van der Waals surface area (Å²) >= 11 is 0. The van der Waals surface area contributed by atoms with Gasteiger partial charge in [-0.2, -0.15) is 0 Å². The highest BCUT2D eigenvalue weighted by atomic mass is 16.2. The summed E-state index contributed by atoms with van der Waals surface area (Å²) in [6, 6.07) is 24.9. The number of anilines is 1. The van der Waals surface area contributed by atoms with Crippen LogP contribution in [0.4, 0.5) is 10.5 Å². The van der Waals surface area contributed by atoms with Gasteiger partial charge in [-0.15, -0.1) is 0 Å². The fraction of sp³-hybridized carbons (Fsp3) is 0.321. The molecule has 0 unspecified atom stereocenters. The van der Waals surface area contributed by atoms with Crippen LogP contribution in [0.25, 0.3) is 0 Å².